The van der Waals surface area contributed by atoms with Crippen LogP contribution in [0.2, 0.25) is 0 Å². The molecule has 3 atom stereocenters. The van der Waals surface area contributed by atoms with Crippen LogP contribution in [0.4, 0.5) is 0 Å². The van der Waals surface area contributed by atoms with E-state index in [2.05, 4.69) is 12.2 Å². The van der Waals surface area contributed by atoms with Gasteiger partial charge in [-0.3, -0.25) is 0 Å². The minimum absolute atomic E-state index is 0.422. The first-order chi connectivity index (χ1) is 7.36. The first-order valence-corrected chi connectivity index (χ1v) is 6.25. The Balaban J connectivity index is 1.33. The third kappa shape index (κ3) is 2.26. The molecule has 0 amide bonds. The Morgan fingerprint density at radius 2 is 2.40 bits per heavy atom. The number of ether oxygens (including phenoxy) is 2. The van der Waals surface area contributed by atoms with Crippen molar-refractivity contribution >= 4 is 0 Å². The molecule has 1 saturated heterocycles. The largest absolute Gasteiger partial charge is 0.379 e. The fourth-order valence-electron chi connectivity index (χ4n) is 3.07. The second-order valence-corrected chi connectivity index (χ2v) is 5.36. The molecular formula is C13H20O2. The standard InChI is InChI=1S/C13H20O2/c1(7-14-9-12-10-15-12)4-13-5-2-11(8-13)3-6-13/h2,5,11-12H,1,3-4,6-10H2. The van der Waals surface area contributed by atoms with Gasteiger partial charge in [0, 0.05) is 6.61 Å². The van der Waals surface area contributed by atoms with E-state index in [0.29, 0.717) is 11.5 Å². The monoisotopic (exact) mass is 208 g/mol. The van der Waals surface area contributed by atoms with Crippen molar-refractivity contribution in [2.75, 3.05) is 19.8 Å². The summed E-state index contributed by atoms with van der Waals surface area (Å²) in [5, 5.41) is 0. The quantitative estimate of drug-likeness (QED) is 0.380. The molecule has 2 nitrogen and oxygen atoms in total. The van der Waals surface area contributed by atoms with Gasteiger partial charge in [-0.1, -0.05) is 12.2 Å². The van der Waals surface area contributed by atoms with Crippen molar-refractivity contribution in [3.8, 4) is 0 Å². The van der Waals surface area contributed by atoms with Gasteiger partial charge < -0.3 is 9.47 Å². The molecule has 3 rings (SSSR count). The maximum atomic E-state index is 5.57. The summed E-state index contributed by atoms with van der Waals surface area (Å²) in [6.07, 6.45) is 12.1. The maximum absolute atomic E-state index is 5.57. The topological polar surface area (TPSA) is 21.8 Å². The van der Waals surface area contributed by atoms with Crippen molar-refractivity contribution in [1.82, 2.24) is 0 Å². The Labute approximate surface area is 91.6 Å². The van der Waals surface area contributed by atoms with E-state index in [1.165, 1.54) is 32.1 Å². The Bertz CT molecular complexity index is 257. The molecule has 0 spiro atoms. The van der Waals surface area contributed by atoms with Gasteiger partial charge in [0.25, 0.3) is 0 Å². The second kappa shape index (κ2) is 3.91. The molecule has 2 aliphatic carbocycles. The molecule has 0 radical (unpaired) electrons. The SMILES string of the molecule is C1=CC2(CCCOCC3CO3)CCC1C2. The van der Waals surface area contributed by atoms with Crippen LogP contribution in [0.3, 0.4) is 0 Å². The molecule has 1 heterocycles. The van der Waals surface area contributed by atoms with Crippen LogP contribution >= 0.6 is 0 Å². The Morgan fingerprint density at radius 3 is 3.00 bits per heavy atom. The van der Waals surface area contributed by atoms with Gasteiger partial charge in [0.05, 0.1) is 13.2 Å². The van der Waals surface area contributed by atoms with Crippen LogP contribution in [0.1, 0.15) is 32.1 Å². The predicted octanol–water partition coefficient (Wildman–Crippen LogP) is 2.54. The van der Waals surface area contributed by atoms with Crippen LogP contribution in [0.25, 0.3) is 0 Å². The molecule has 0 aromatic carbocycles. The van der Waals surface area contributed by atoms with Crippen LogP contribution in [-0.2, 0) is 9.47 Å². The van der Waals surface area contributed by atoms with Crippen molar-refractivity contribution in [2.24, 2.45) is 11.3 Å². The lowest BCUT2D eigenvalue weighted by molar-refractivity contribution is 0.107. The molecule has 2 fully saturated rings. The lowest BCUT2D eigenvalue weighted by atomic mass is 9.83. The second-order valence-electron chi connectivity index (χ2n) is 5.36. The van der Waals surface area contributed by atoms with Crippen LogP contribution in [0.15, 0.2) is 12.2 Å². The minimum Gasteiger partial charge on any atom is -0.379 e. The molecule has 0 N–H and O–H groups in total. The van der Waals surface area contributed by atoms with E-state index in [9.17, 15) is 0 Å². The minimum atomic E-state index is 0.422. The van der Waals surface area contributed by atoms with Crippen molar-refractivity contribution < 1.29 is 9.47 Å². The molecule has 0 aromatic rings. The van der Waals surface area contributed by atoms with Crippen LogP contribution in [0.5, 0.6) is 0 Å². The van der Waals surface area contributed by atoms with Gasteiger partial charge in [-0.2, -0.15) is 0 Å². The summed E-state index contributed by atoms with van der Waals surface area (Å²) in [4.78, 5) is 0. The summed E-state index contributed by atoms with van der Waals surface area (Å²) < 4.78 is 10.7. The summed E-state index contributed by atoms with van der Waals surface area (Å²) >= 11 is 0. The van der Waals surface area contributed by atoms with E-state index in [1.54, 1.807) is 0 Å². The highest BCUT2D eigenvalue weighted by Gasteiger charge is 2.39. The lowest BCUT2D eigenvalue weighted by Crippen LogP contribution is -2.13. The van der Waals surface area contributed by atoms with Gasteiger partial charge in [-0.15, -0.1) is 0 Å². The molecule has 15 heavy (non-hydrogen) atoms. The van der Waals surface area contributed by atoms with Gasteiger partial charge in [0.2, 0.25) is 0 Å². The average Bonchev–Trinajstić information content (AvgIpc) is 2.88. The average molecular weight is 208 g/mol. The fraction of sp³-hybridized carbons (Fsp3) is 0.846. The lowest BCUT2D eigenvalue weighted by Gasteiger charge is -2.23. The summed E-state index contributed by atoms with van der Waals surface area (Å²) in [6, 6.07) is 0. The Kier molecular flexibility index (Phi) is 2.57. The third-order valence-corrected chi connectivity index (χ3v) is 4.07. The van der Waals surface area contributed by atoms with Crippen molar-refractivity contribution in [3.05, 3.63) is 12.2 Å². The Morgan fingerprint density at radius 1 is 1.47 bits per heavy atom. The number of hydrogen-bond acceptors (Lipinski definition) is 2. The van der Waals surface area contributed by atoms with E-state index >= 15 is 0 Å². The van der Waals surface area contributed by atoms with E-state index in [4.69, 9.17) is 9.47 Å². The van der Waals surface area contributed by atoms with Crippen LogP contribution < -0.4 is 0 Å². The number of fused-ring (bicyclic) bond motifs is 2. The zero-order valence-corrected chi connectivity index (χ0v) is 9.28. The number of epoxide rings is 1. The smallest absolute Gasteiger partial charge is 0.104 e. The summed E-state index contributed by atoms with van der Waals surface area (Å²) in [6.45, 7) is 2.64. The molecule has 2 bridgehead atoms. The zero-order chi connectivity index (χ0) is 10.1. The Hall–Kier alpha value is -0.340. The molecule has 1 saturated carbocycles. The van der Waals surface area contributed by atoms with Crippen LogP contribution in [0, 0.1) is 11.3 Å². The van der Waals surface area contributed by atoms with Crippen molar-refractivity contribution in [2.45, 2.75) is 38.2 Å². The third-order valence-electron chi connectivity index (χ3n) is 4.07. The number of allylic oxidation sites excluding steroid dienone is 2. The van der Waals surface area contributed by atoms with Crippen molar-refractivity contribution in [1.29, 1.82) is 0 Å². The highest BCUT2D eigenvalue weighted by atomic mass is 16.6. The van der Waals surface area contributed by atoms with Crippen molar-refractivity contribution in [3.63, 3.8) is 0 Å². The molecule has 2 heteroatoms. The number of hydrogen-bond donors (Lipinski definition) is 0. The van der Waals surface area contributed by atoms with E-state index < -0.39 is 0 Å². The van der Waals surface area contributed by atoms with E-state index in [-0.39, 0.29) is 0 Å². The first kappa shape index (κ1) is 9.86. The molecule has 1 aliphatic heterocycles. The van der Waals surface area contributed by atoms with E-state index in [0.717, 1.165) is 25.7 Å². The van der Waals surface area contributed by atoms with E-state index in [1.807, 2.05) is 0 Å². The summed E-state index contributed by atoms with van der Waals surface area (Å²) in [5.74, 6) is 0.908. The highest BCUT2D eigenvalue weighted by Crippen LogP contribution is 2.51. The first-order valence-electron chi connectivity index (χ1n) is 6.25. The fourth-order valence-corrected chi connectivity index (χ4v) is 3.07. The molecule has 84 valence electrons. The number of rotatable bonds is 6. The normalized spacial score (nSPS) is 41.3. The van der Waals surface area contributed by atoms with Gasteiger partial charge in [-0.05, 0) is 43.4 Å². The summed E-state index contributed by atoms with van der Waals surface area (Å²) in [7, 11) is 0. The molecule has 3 unspecified atom stereocenters. The predicted molar refractivity (Wildman–Crippen MR) is 58.7 cm³/mol. The van der Waals surface area contributed by atoms with Gasteiger partial charge in [0.1, 0.15) is 6.10 Å². The molecule has 3 aliphatic rings. The van der Waals surface area contributed by atoms with Gasteiger partial charge >= 0.3 is 0 Å². The summed E-state index contributed by atoms with van der Waals surface area (Å²) in [5.41, 5.74) is 0.574. The molecule has 0 aromatic heterocycles. The zero-order valence-electron chi connectivity index (χ0n) is 9.28. The molecular weight excluding hydrogens is 188 g/mol. The van der Waals surface area contributed by atoms with Gasteiger partial charge in [0.15, 0.2) is 0 Å². The highest BCUT2D eigenvalue weighted by molar-refractivity contribution is 5.15. The van der Waals surface area contributed by atoms with Gasteiger partial charge in [-0.25, -0.2) is 0 Å². The maximum Gasteiger partial charge on any atom is 0.104 e. The van der Waals surface area contributed by atoms with Crippen LogP contribution in [-0.4, -0.2) is 25.9 Å².